The monoisotopic (exact) mass is 263 g/mol. The lowest BCUT2D eigenvalue weighted by atomic mass is 10.00. The van der Waals surface area contributed by atoms with Crippen molar-refractivity contribution in [2.75, 3.05) is 6.61 Å². The number of ether oxygens (including phenoxy) is 1. The zero-order valence-electron chi connectivity index (χ0n) is 11.4. The fraction of sp³-hybridized carbons (Fsp3) is 0.625. The van der Waals surface area contributed by atoms with Crippen LogP contribution in [0.15, 0.2) is 24.3 Å². The van der Waals surface area contributed by atoms with E-state index in [1.54, 1.807) is 12.1 Å². The smallest absolute Gasteiger partial charge is 0.123 e. The molecule has 0 radical (unpaired) electrons. The van der Waals surface area contributed by atoms with Gasteiger partial charge in [0.15, 0.2) is 0 Å². The Morgan fingerprint density at radius 2 is 2.21 bits per heavy atom. The van der Waals surface area contributed by atoms with Gasteiger partial charge in [0.1, 0.15) is 5.82 Å². The lowest BCUT2D eigenvalue weighted by Gasteiger charge is -2.26. The summed E-state index contributed by atoms with van der Waals surface area (Å²) in [5.41, 5.74) is 1.05. The van der Waals surface area contributed by atoms with Crippen LogP contribution in [-0.2, 0) is 4.74 Å². The highest BCUT2D eigenvalue weighted by atomic mass is 19.1. The highest BCUT2D eigenvalue weighted by molar-refractivity contribution is 5.20. The highest BCUT2D eigenvalue weighted by Gasteiger charge is 2.41. The van der Waals surface area contributed by atoms with Crippen LogP contribution in [0.2, 0.25) is 0 Å². The zero-order chi connectivity index (χ0) is 13.2. The van der Waals surface area contributed by atoms with Crippen molar-refractivity contribution in [3.05, 3.63) is 35.6 Å². The van der Waals surface area contributed by atoms with E-state index in [1.807, 2.05) is 6.07 Å². The Morgan fingerprint density at radius 3 is 2.89 bits per heavy atom. The van der Waals surface area contributed by atoms with E-state index in [2.05, 4.69) is 12.2 Å². The molecule has 0 spiro atoms. The fourth-order valence-electron chi connectivity index (χ4n) is 3.11. The third-order valence-electron chi connectivity index (χ3n) is 4.30. The summed E-state index contributed by atoms with van der Waals surface area (Å²) in [7, 11) is 0. The van der Waals surface area contributed by atoms with Gasteiger partial charge in [-0.05, 0) is 49.3 Å². The number of hydrogen-bond acceptors (Lipinski definition) is 2. The van der Waals surface area contributed by atoms with Crippen LogP contribution in [0, 0.1) is 11.7 Å². The Hall–Kier alpha value is -0.930. The van der Waals surface area contributed by atoms with Crippen LogP contribution in [0.1, 0.15) is 44.2 Å². The molecule has 19 heavy (non-hydrogen) atoms. The number of hydrogen-bond donors (Lipinski definition) is 1. The van der Waals surface area contributed by atoms with Gasteiger partial charge in [-0.25, -0.2) is 4.39 Å². The third kappa shape index (κ3) is 2.98. The second-order valence-corrected chi connectivity index (χ2v) is 5.75. The molecule has 1 aliphatic carbocycles. The summed E-state index contributed by atoms with van der Waals surface area (Å²) in [5.74, 6) is 0.601. The summed E-state index contributed by atoms with van der Waals surface area (Å²) >= 11 is 0. The summed E-state index contributed by atoms with van der Waals surface area (Å²) in [6.07, 6.45) is 5.03. The molecule has 1 N–H and O–H groups in total. The van der Waals surface area contributed by atoms with Gasteiger partial charge in [0.05, 0.1) is 6.10 Å². The summed E-state index contributed by atoms with van der Waals surface area (Å²) in [4.78, 5) is 0. The molecular weight excluding hydrogens is 241 g/mol. The Morgan fingerprint density at radius 1 is 1.37 bits per heavy atom. The molecule has 3 atom stereocenters. The van der Waals surface area contributed by atoms with Gasteiger partial charge in [-0.2, -0.15) is 0 Å². The first kappa shape index (κ1) is 13.1. The fourth-order valence-corrected chi connectivity index (χ4v) is 3.11. The van der Waals surface area contributed by atoms with E-state index >= 15 is 0 Å². The average Bonchev–Trinajstić information content (AvgIpc) is 3.15. The highest BCUT2D eigenvalue weighted by Crippen LogP contribution is 2.39. The molecular formula is C16H22FNO. The minimum Gasteiger partial charge on any atom is -0.376 e. The average molecular weight is 263 g/mol. The molecule has 0 bridgehead atoms. The van der Waals surface area contributed by atoms with E-state index in [9.17, 15) is 4.39 Å². The maximum Gasteiger partial charge on any atom is 0.123 e. The zero-order valence-corrected chi connectivity index (χ0v) is 11.4. The van der Waals surface area contributed by atoms with Crippen LogP contribution < -0.4 is 5.32 Å². The van der Waals surface area contributed by atoms with Crippen LogP contribution in [0.5, 0.6) is 0 Å². The molecule has 1 aromatic rings. The van der Waals surface area contributed by atoms with Gasteiger partial charge in [0.2, 0.25) is 0 Å². The van der Waals surface area contributed by atoms with Crippen molar-refractivity contribution in [1.29, 1.82) is 0 Å². The van der Waals surface area contributed by atoms with E-state index in [0.29, 0.717) is 12.1 Å². The van der Waals surface area contributed by atoms with Crippen LogP contribution in [-0.4, -0.2) is 18.8 Å². The first-order valence-corrected chi connectivity index (χ1v) is 7.41. The van der Waals surface area contributed by atoms with Crippen molar-refractivity contribution in [3.63, 3.8) is 0 Å². The molecule has 2 fully saturated rings. The lowest BCUT2D eigenvalue weighted by Crippen LogP contribution is -2.39. The van der Waals surface area contributed by atoms with E-state index in [0.717, 1.165) is 30.9 Å². The van der Waals surface area contributed by atoms with Gasteiger partial charge in [-0.15, -0.1) is 0 Å². The molecule has 1 aliphatic heterocycles. The van der Waals surface area contributed by atoms with Gasteiger partial charge in [-0.3, -0.25) is 0 Å². The first-order valence-electron chi connectivity index (χ1n) is 7.41. The summed E-state index contributed by atoms with van der Waals surface area (Å²) < 4.78 is 19.2. The summed E-state index contributed by atoms with van der Waals surface area (Å²) in [6.45, 7) is 3.00. The Bertz CT molecular complexity index is 433. The van der Waals surface area contributed by atoms with E-state index < -0.39 is 0 Å². The molecule has 104 valence electrons. The molecule has 3 unspecified atom stereocenters. The van der Waals surface area contributed by atoms with Crippen molar-refractivity contribution < 1.29 is 9.13 Å². The van der Waals surface area contributed by atoms with E-state index in [4.69, 9.17) is 4.74 Å². The second-order valence-electron chi connectivity index (χ2n) is 5.75. The first-order chi connectivity index (χ1) is 9.28. The summed E-state index contributed by atoms with van der Waals surface area (Å²) in [6, 6.07) is 7.60. The van der Waals surface area contributed by atoms with Crippen molar-refractivity contribution in [3.8, 4) is 0 Å². The van der Waals surface area contributed by atoms with Gasteiger partial charge in [0, 0.05) is 18.7 Å². The molecule has 0 aromatic heterocycles. The predicted octanol–water partition coefficient (Wildman–Crippen LogP) is 3.43. The van der Waals surface area contributed by atoms with Crippen molar-refractivity contribution in [2.24, 2.45) is 5.92 Å². The predicted molar refractivity (Wildman–Crippen MR) is 73.4 cm³/mol. The van der Waals surface area contributed by atoms with Crippen molar-refractivity contribution >= 4 is 0 Å². The molecule has 3 heteroatoms. The molecule has 1 saturated carbocycles. The lowest BCUT2D eigenvalue weighted by molar-refractivity contribution is 0.0787. The van der Waals surface area contributed by atoms with Crippen molar-refractivity contribution in [1.82, 2.24) is 5.32 Å². The molecule has 1 heterocycles. The van der Waals surface area contributed by atoms with Crippen LogP contribution in [0.25, 0.3) is 0 Å². The molecule has 0 amide bonds. The molecule has 1 saturated heterocycles. The standard InChI is InChI=1S/C16H22FNO/c1-2-14(12-4-3-5-13(17)10-12)18-15-8-9-19-16(15)11-6-7-11/h3-5,10-11,14-16,18H,2,6-9H2,1H3. The van der Waals surface area contributed by atoms with Gasteiger partial charge in [-0.1, -0.05) is 19.1 Å². The maximum atomic E-state index is 13.3. The maximum absolute atomic E-state index is 13.3. The number of benzene rings is 1. The second kappa shape index (κ2) is 5.59. The minimum absolute atomic E-state index is 0.154. The van der Waals surface area contributed by atoms with Crippen LogP contribution in [0.3, 0.4) is 0 Å². The Balaban J connectivity index is 1.69. The van der Waals surface area contributed by atoms with Gasteiger partial charge in [0.25, 0.3) is 0 Å². The molecule has 2 aliphatic rings. The molecule has 1 aromatic carbocycles. The van der Waals surface area contributed by atoms with Crippen LogP contribution in [0.4, 0.5) is 4.39 Å². The normalized spacial score (nSPS) is 28.5. The van der Waals surface area contributed by atoms with E-state index in [-0.39, 0.29) is 11.9 Å². The van der Waals surface area contributed by atoms with Gasteiger partial charge < -0.3 is 10.1 Å². The largest absolute Gasteiger partial charge is 0.376 e. The number of halogens is 1. The quantitative estimate of drug-likeness (QED) is 0.878. The molecule has 3 rings (SSSR count). The van der Waals surface area contributed by atoms with Crippen molar-refractivity contribution in [2.45, 2.75) is 50.8 Å². The minimum atomic E-state index is -0.154. The third-order valence-corrected chi connectivity index (χ3v) is 4.30. The number of nitrogens with one attached hydrogen (secondary N) is 1. The number of rotatable bonds is 5. The van der Waals surface area contributed by atoms with E-state index in [1.165, 1.54) is 18.9 Å². The molecule has 2 nitrogen and oxygen atoms in total. The SMILES string of the molecule is CCC(NC1CCOC1C1CC1)c1cccc(F)c1. The Kier molecular flexibility index (Phi) is 3.85. The topological polar surface area (TPSA) is 21.3 Å². The Labute approximate surface area is 114 Å². The summed E-state index contributed by atoms with van der Waals surface area (Å²) in [5, 5.41) is 3.69. The van der Waals surface area contributed by atoms with Crippen LogP contribution >= 0.6 is 0 Å². The van der Waals surface area contributed by atoms with Gasteiger partial charge >= 0.3 is 0 Å².